The summed E-state index contributed by atoms with van der Waals surface area (Å²) in [5.74, 6) is -4.04. The molecule has 10 heteroatoms. The summed E-state index contributed by atoms with van der Waals surface area (Å²) in [5, 5.41) is 16.3. The average molecular weight is 400 g/mol. The topological polar surface area (TPSA) is 168 Å². The number of nitrogens with two attached hydrogens (primary N) is 1. The number of hydrogen-bond donors (Lipinski definition) is 5. The third kappa shape index (κ3) is 9.33. The van der Waals surface area contributed by atoms with Crippen molar-refractivity contribution in [3.05, 3.63) is 0 Å². The summed E-state index contributed by atoms with van der Waals surface area (Å²) >= 11 is 0. The second-order valence-corrected chi connectivity index (χ2v) is 7.32. The van der Waals surface area contributed by atoms with E-state index in [4.69, 9.17) is 10.8 Å². The van der Waals surface area contributed by atoms with E-state index in [1.54, 1.807) is 6.92 Å². The smallest absolute Gasteiger partial charge is 0.305 e. The highest BCUT2D eigenvalue weighted by Crippen LogP contribution is 2.11. The van der Waals surface area contributed by atoms with Gasteiger partial charge in [-0.25, -0.2) is 0 Å². The lowest BCUT2D eigenvalue weighted by Gasteiger charge is -2.27. The Labute approximate surface area is 165 Å². The normalized spacial score (nSPS) is 15.1. The second kappa shape index (κ2) is 11.9. The molecule has 0 spiro atoms. The summed E-state index contributed by atoms with van der Waals surface area (Å²) in [6.07, 6.45) is 0.218. The number of amides is 4. The van der Waals surface area contributed by atoms with E-state index in [-0.39, 0.29) is 24.2 Å². The second-order valence-electron chi connectivity index (χ2n) is 7.32. The molecule has 0 aliphatic rings. The van der Waals surface area contributed by atoms with Crippen molar-refractivity contribution < 1.29 is 29.1 Å². The fourth-order valence-corrected chi connectivity index (χ4v) is 2.56. The van der Waals surface area contributed by atoms with E-state index in [1.807, 2.05) is 20.8 Å². The summed E-state index contributed by atoms with van der Waals surface area (Å²) < 4.78 is 0. The van der Waals surface area contributed by atoms with Gasteiger partial charge in [-0.05, 0) is 18.3 Å². The molecule has 0 fully saturated rings. The molecule has 0 heterocycles. The number of primary amides is 1. The molecule has 0 aliphatic heterocycles. The van der Waals surface area contributed by atoms with Crippen molar-refractivity contribution in [3.63, 3.8) is 0 Å². The predicted octanol–water partition coefficient (Wildman–Crippen LogP) is -0.487. The predicted molar refractivity (Wildman–Crippen MR) is 102 cm³/mol. The van der Waals surface area contributed by atoms with Crippen molar-refractivity contribution in [2.75, 3.05) is 0 Å². The summed E-state index contributed by atoms with van der Waals surface area (Å²) in [5.41, 5.74) is 5.14. The zero-order chi connectivity index (χ0) is 22.0. The minimum Gasteiger partial charge on any atom is -0.481 e. The molecule has 0 bridgehead atoms. The first-order chi connectivity index (χ1) is 12.9. The molecule has 28 heavy (non-hydrogen) atoms. The van der Waals surface area contributed by atoms with Gasteiger partial charge in [0.05, 0.1) is 6.42 Å². The van der Waals surface area contributed by atoms with Crippen LogP contribution < -0.4 is 21.7 Å². The van der Waals surface area contributed by atoms with E-state index in [1.165, 1.54) is 6.92 Å². The van der Waals surface area contributed by atoms with Crippen LogP contribution in [0.3, 0.4) is 0 Å². The minimum atomic E-state index is -1.39. The van der Waals surface area contributed by atoms with Gasteiger partial charge >= 0.3 is 5.97 Å². The van der Waals surface area contributed by atoms with Crippen molar-refractivity contribution in [3.8, 4) is 0 Å². The largest absolute Gasteiger partial charge is 0.481 e. The molecule has 0 aromatic carbocycles. The first-order valence-corrected chi connectivity index (χ1v) is 9.27. The molecule has 0 radical (unpaired) electrons. The van der Waals surface area contributed by atoms with E-state index < -0.39 is 48.2 Å². The highest BCUT2D eigenvalue weighted by atomic mass is 16.4. The Hall–Kier alpha value is -2.65. The quantitative estimate of drug-likeness (QED) is 0.296. The van der Waals surface area contributed by atoms with Crippen LogP contribution in [-0.2, 0) is 24.0 Å². The molecular formula is C18H32N4O6. The fourth-order valence-electron chi connectivity index (χ4n) is 2.56. The number of carboxylic acids is 1. The van der Waals surface area contributed by atoms with E-state index in [0.29, 0.717) is 6.42 Å². The SMILES string of the molecule is CC[C@H](C)[C@H](NC(C)=O)C(=O)N[C@@H](CC(C)C)C(=O)N[C@@H](CC(=O)O)C(N)=O. The third-order valence-electron chi connectivity index (χ3n) is 4.23. The lowest BCUT2D eigenvalue weighted by atomic mass is 9.96. The van der Waals surface area contributed by atoms with Crippen LogP contribution >= 0.6 is 0 Å². The zero-order valence-electron chi connectivity index (χ0n) is 17.1. The van der Waals surface area contributed by atoms with Crippen LogP contribution in [0.1, 0.15) is 53.9 Å². The lowest BCUT2D eigenvalue weighted by molar-refractivity contribution is -0.140. The summed E-state index contributed by atoms with van der Waals surface area (Å²) in [6.45, 7) is 8.65. The summed E-state index contributed by atoms with van der Waals surface area (Å²) in [6, 6.07) is -3.23. The number of carbonyl (C=O) groups is 5. The molecule has 4 amide bonds. The minimum absolute atomic E-state index is 0.0189. The van der Waals surface area contributed by atoms with Gasteiger partial charge in [0, 0.05) is 6.92 Å². The maximum absolute atomic E-state index is 12.7. The van der Waals surface area contributed by atoms with Crippen LogP contribution in [0.25, 0.3) is 0 Å². The number of hydrogen-bond acceptors (Lipinski definition) is 5. The molecule has 0 aliphatic carbocycles. The Morgan fingerprint density at radius 1 is 0.929 bits per heavy atom. The number of carboxylic acid groups (broad SMARTS) is 1. The van der Waals surface area contributed by atoms with Crippen molar-refractivity contribution in [1.82, 2.24) is 16.0 Å². The highest BCUT2D eigenvalue weighted by molar-refractivity contribution is 5.94. The first-order valence-electron chi connectivity index (χ1n) is 9.27. The Kier molecular flexibility index (Phi) is 10.8. The average Bonchev–Trinajstić information content (AvgIpc) is 2.56. The van der Waals surface area contributed by atoms with Gasteiger partial charge < -0.3 is 26.8 Å². The Morgan fingerprint density at radius 3 is 1.86 bits per heavy atom. The number of carbonyl (C=O) groups excluding carboxylic acids is 4. The van der Waals surface area contributed by atoms with Crippen molar-refractivity contribution >= 4 is 29.6 Å². The van der Waals surface area contributed by atoms with Gasteiger partial charge in [0.15, 0.2) is 0 Å². The fraction of sp³-hybridized carbons (Fsp3) is 0.722. The molecule has 6 N–H and O–H groups in total. The van der Waals surface area contributed by atoms with Crippen LogP contribution in [0.5, 0.6) is 0 Å². The maximum Gasteiger partial charge on any atom is 0.305 e. The van der Waals surface area contributed by atoms with Crippen molar-refractivity contribution in [2.24, 2.45) is 17.6 Å². The van der Waals surface area contributed by atoms with Crippen molar-refractivity contribution in [1.29, 1.82) is 0 Å². The van der Waals surface area contributed by atoms with Gasteiger partial charge in [0.1, 0.15) is 18.1 Å². The molecule has 0 unspecified atom stereocenters. The molecule has 0 saturated carbocycles. The van der Waals surface area contributed by atoms with Crippen LogP contribution in [-0.4, -0.2) is 52.8 Å². The van der Waals surface area contributed by atoms with E-state index in [0.717, 1.165) is 0 Å². The summed E-state index contributed by atoms with van der Waals surface area (Å²) in [7, 11) is 0. The number of rotatable bonds is 12. The van der Waals surface area contributed by atoms with Crippen LogP contribution in [0.4, 0.5) is 0 Å². The van der Waals surface area contributed by atoms with Gasteiger partial charge in [0.25, 0.3) is 0 Å². The van der Waals surface area contributed by atoms with Gasteiger partial charge in [-0.2, -0.15) is 0 Å². The standard InChI is InChI=1S/C18H32N4O6/c1-6-10(4)15(20-11(5)23)18(28)22-13(7-9(2)3)17(27)21-12(16(19)26)8-14(24)25/h9-10,12-13,15H,6-8H2,1-5H3,(H2,19,26)(H,20,23)(H,21,27)(H,22,28)(H,24,25)/t10-,12-,13-,15-/m0/s1. The molecule has 0 saturated heterocycles. The van der Waals surface area contributed by atoms with Gasteiger partial charge in [-0.1, -0.05) is 34.1 Å². The Balaban J connectivity index is 5.40. The zero-order valence-corrected chi connectivity index (χ0v) is 17.1. The van der Waals surface area contributed by atoms with Crippen LogP contribution in [0, 0.1) is 11.8 Å². The highest BCUT2D eigenvalue weighted by Gasteiger charge is 2.31. The maximum atomic E-state index is 12.7. The van der Waals surface area contributed by atoms with Gasteiger partial charge in [-0.15, -0.1) is 0 Å². The Morgan fingerprint density at radius 2 is 1.46 bits per heavy atom. The molecule has 160 valence electrons. The molecule has 0 aromatic rings. The van der Waals surface area contributed by atoms with Crippen LogP contribution in [0.15, 0.2) is 0 Å². The van der Waals surface area contributed by atoms with E-state index in [2.05, 4.69) is 16.0 Å². The molecular weight excluding hydrogens is 368 g/mol. The van der Waals surface area contributed by atoms with Gasteiger partial charge in [-0.3, -0.25) is 24.0 Å². The van der Waals surface area contributed by atoms with Gasteiger partial charge in [0.2, 0.25) is 23.6 Å². The molecule has 10 nitrogen and oxygen atoms in total. The molecule has 0 aromatic heterocycles. The van der Waals surface area contributed by atoms with Crippen molar-refractivity contribution in [2.45, 2.75) is 72.0 Å². The summed E-state index contributed by atoms with van der Waals surface area (Å²) in [4.78, 5) is 58.9. The number of aliphatic carboxylic acids is 1. The lowest BCUT2D eigenvalue weighted by Crippen LogP contribution is -2.57. The number of nitrogens with one attached hydrogen (secondary N) is 3. The molecule has 0 rings (SSSR count). The van der Waals surface area contributed by atoms with Crippen LogP contribution in [0.2, 0.25) is 0 Å². The van der Waals surface area contributed by atoms with E-state index in [9.17, 15) is 24.0 Å². The Bertz CT molecular complexity index is 593. The third-order valence-corrected chi connectivity index (χ3v) is 4.23. The monoisotopic (exact) mass is 400 g/mol. The van der Waals surface area contributed by atoms with E-state index >= 15 is 0 Å². The molecule has 4 atom stereocenters. The first kappa shape index (κ1) is 25.4.